The van der Waals surface area contributed by atoms with Gasteiger partial charge in [0.15, 0.2) is 0 Å². The first-order chi connectivity index (χ1) is 2.77. The molecule has 0 saturated carbocycles. The maximum atomic E-state index is 7.83. The summed E-state index contributed by atoms with van der Waals surface area (Å²) in [6, 6.07) is 2.35. The van der Waals surface area contributed by atoms with E-state index in [1.54, 1.807) is 25.1 Å². The van der Waals surface area contributed by atoms with Gasteiger partial charge in [0.25, 0.3) is 0 Å². The third-order valence-electron chi connectivity index (χ3n) is 0.274. The minimum atomic E-state index is 1.57. The van der Waals surface area contributed by atoms with Gasteiger partial charge in [-0.2, -0.15) is 0 Å². The molecule has 0 fully saturated rings. The van der Waals surface area contributed by atoms with Gasteiger partial charge in [-0.1, -0.05) is 0 Å². The topological polar surface area (TPSA) is 23.5 Å². The number of rotatable bonds is 0. The van der Waals surface area contributed by atoms with Gasteiger partial charge in [-0.15, -0.1) is 0 Å². The Bertz CT molecular complexity index is 77.3. The normalized spacial score (nSPS) is 5.67. The fourth-order valence-electron chi connectivity index (χ4n) is 0.100. The van der Waals surface area contributed by atoms with Crippen molar-refractivity contribution in [3.05, 3.63) is 0 Å². The number of aliphatic hydroxyl groups is 1. The Morgan fingerprint density at radius 3 is 2.00 bits per heavy atom. The number of hydrogen-bond acceptors (Lipinski definition) is 2. The lowest BCUT2D eigenvalue weighted by atomic mass is 10.9. The molecule has 2 nitrogen and oxygen atoms in total. The molecule has 1 N–H and O–H groups in total. The van der Waals surface area contributed by atoms with Crippen LogP contribution in [0.4, 0.5) is 0 Å². The monoisotopic (exact) mass is 85.1 g/mol. The number of aliphatic hydroxyl groups excluding tert-OH is 1. The third kappa shape index (κ3) is 3.16. The van der Waals surface area contributed by atoms with Crippen molar-refractivity contribution in [2.75, 3.05) is 14.1 Å². The van der Waals surface area contributed by atoms with Crippen molar-refractivity contribution in [1.29, 1.82) is 0 Å². The third-order valence-corrected chi connectivity index (χ3v) is 0.274. The molecule has 0 bridgehead atoms. The van der Waals surface area contributed by atoms with Gasteiger partial charge in [-0.05, 0) is 0 Å². The summed E-state index contributed by atoms with van der Waals surface area (Å²) in [5.41, 5.74) is 0. The maximum absolute atomic E-state index is 7.83. The van der Waals surface area contributed by atoms with Gasteiger partial charge in [0, 0.05) is 14.1 Å². The van der Waals surface area contributed by atoms with Crippen LogP contribution in [0.1, 0.15) is 0 Å². The molecule has 0 aromatic heterocycles. The molecule has 0 spiro atoms. The largest absolute Gasteiger partial charge is 0.461 e. The zero-order chi connectivity index (χ0) is 4.99. The maximum Gasteiger partial charge on any atom is 0.131 e. The van der Waals surface area contributed by atoms with Crippen LogP contribution in [-0.4, -0.2) is 24.1 Å². The number of nitrogens with zero attached hydrogens (tertiary/aromatic N) is 1. The predicted octanol–water partition coefficient (Wildman–Crippen LogP) is -0.161. The zero-order valence-electron chi connectivity index (χ0n) is 3.89. The van der Waals surface area contributed by atoms with E-state index in [1.165, 1.54) is 0 Å². The fraction of sp³-hybridized carbons (Fsp3) is 0.500. The minimum Gasteiger partial charge on any atom is -0.461 e. The van der Waals surface area contributed by atoms with Crippen LogP contribution >= 0.6 is 0 Å². The van der Waals surface area contributed by atoms with Crippen LogP contribution in [0, 0.1) is 12.2 Å². The smallest absolute Gasteiger partial charge is 0.131 e. The van der Waals surface area contributed by atoms with Gasteiger partial charge >= 0.3 is 0 Å². The molecule has 34 valence electrons. The van der Waals surface area contributed by atoms with E-state index in [-0.39, 0.29) is 0 Å². The summed E-state index contributed by atoms with van der Waals surface area (Å²) < 4.78 is 0. The van der Waals surface area contributed by atoms with E-state index >= 15 is 0 Å². The van der Waals surface area contributed by atoms with Crippen LogP contribution in [0.3, 0.4) is 0 Å². The lowest BCUT2D eigenvalue weighted by Crippen LogP contribution is -2.00. The van der Waals surface area contributed by atoms with Gasteiger partial charge in [0.05, 0.1) is 6.04 Å². The van der Waals surface area contributed by atoms with Crippen molar-refractivity contribution in [2.45, 2.75) is 0 Å². The highest BCUT2D eigenvalue weighted by molar-refractivity contribution is 4.85. The molecule has 0 aromatic rings. The van der Waals surface area contributed by atoms with E-state index in [0.29, 0.717) is 0 Å². The van der Waals surface area contributed by atoms with Crippen molar-refractivity contribution >= 4 is 0 Å². The molecule has 0 heterocycles. The Hall–Kier alpha value is -0.840. The van der Waals surface area contributed by atoms with Crippen molar-refractivity contribution in [3.63, 3.8) is 0 Å². The molecule has 0 aromatic carbocycles. The molecule has 0 rings (SSSR count). The Morgan fingerprint density at radius 1 is 1.50 bits per heavy atom. The summed E-state index contributed by atoms with van der Waals surface area (Å²) in [7, 11) is 3.51. The molecule has 0 saturated heterocycles. The van der Waals surface area contributed by atoms with Crippen LogP contribution in [0.5, 0.6) is 0 Å². The van der Waals surface area contributed by atoms with Crippen molar-refractivity contribution < 1.29 is 5.11 Å². The second-order valence-corrected chi connectivity index (χ2v) is 1.12. The van der Waals surface area contributed by atoms with Crippen LogP contribution < -0.4 is 0 Å². The van der Waals surface area contributed by atoms with Gasteiger partial charge in [-0.3, -0.25) is 0 Å². The highest BCUT2D eigenvalue weighted by Gasteiger charge is 1.66. The second-order valence-electron chi connectivity index (χ2n) is 1.12. The van der Waals surface area contributed by atoms with E-state index in [2.05, 4.69) is 6.04 Å². The average Bonchev–Trinajstić information content (AvgIpc) is 1.35. The van der Waals surface area contributed by atoms with E-state index < -0.39 is 0 Å². The minimum absolute atomic E-state index is 1.57. The Labute approximate surface area is 37.4 Å². The van der Waals surface area contributed by atoms with Crippen LogP contribution in [0.2, 0.25) is 0 Å². The SMILES string of the molecule is CN(C)C#CO. The van der Waals surface area contributed by atoms with Crippen molar-refractivity contribution in [2.24, 2.45) is 0 Å². The van der Waals surface area contributed by atoms with Gasteiger partial charge in [0.1, 0.15) is 6.11 Å². The molecule has 6 heavy (non-hydrogen) atoms. The molecule has 0 radical (unpaired) electrons. The molecule has 0 unspecified atom stereocenters. The fourth-order valence-corrected chi connectivity index (χ4v) is 0.100. The van der Waals surface area contributed by atoms with Gasteiger partial charge in [-0.25, -0.2) is 0 Å². The average molecular weight is 85.1 g/mol. The molecule has 2 heteroatoms. The van der Waals surface area contributed by atoms with Crippen LogP contribution in [0.25, 0.3) is 0 Å². The Balaban J connectivity index is 3.20. The molecular formula is C4H7NO. The molecule has 0 aliphatic heterocycles. The summed E-state index contributed by atoms with van der Waals surface area (Å²) >= 11 is 0. The summed E-state index contributed by atoms with van der Waals surface area (Å²) in [6.07, 6.45) is 1.74. The van der Waals surface area contributed by atoms with Crippen LogP contribution in [-0.2, 0) is 0 Å². The first-order valence-corrected chi connectivity index (χ1v) is 1.59. The standard InChI is InChI=1S/C4H7NO/c1-5(2)3-4-6/h6H,1-2H3. The molecule has 0 atom stereocenters. The van der Waals surface area contributed by atoms with Gasteiger partial charge in [0.2, 0.25) is 0 Å². The Kier molecular flexibility index (Phi) is 2.06. The summed E-state index contributed by atoms with van der Waals surface area (Å²) in [4.78, 5) is 1.57. The first-order valence-electron chi connectivity index (χ1n) is 1.59. The predicted molar refractivity (Wildman–Crippen MR) is 23.4 cm³/mol. The van der Waals surface area contributed by atoms with E-state index in [0.717, 1.165) is 0 Å². The first kappa shape index (κ1) is 5.16. The van der Waals surface area contributed by atoms with Crippen LogP contribution in [0.15, 0.2) is 0 Å². The zero-order valence-corrected chi connectivity index (χ0v) is 3.89. The van der Waals surface area contributed by atoms with Gasteiger partial charge < -0.3 is 10.0 Å². The van der Waals surface area contributed by atoms with Crippen molar-refractivity contribution in [1.82, 2.24) is 4.90 Å². The van der Waals surface area contributed by atoms with Crippen molar-refractivity contribution in [3.8, 4) is 12.2 Å². The molecular weight excluding hydrogens is 78.0 g/mol. The molecule has 0 aliphatic rings. The highest BCUT2D eigenvalue weighted by atomic mass is 16.2. The molecule has 0 amide bonds. The van der Waals surface area contributed by atoms with E-state index in [1.807, 2.05) is 0 Å². The second kappa shape index (κ2) is 2.40. The van der Waals surface area contributed by atoms with E-state index in [9.17, 15) is 0 Å². The Morgan fingerprint density at radius 2 is 2.00 bits per heavy atom. The lowest BCUT2D eigenvalue weighted by Gasteiger charge is -1.93. The summed E-state index contributed by atoms with van der Waals surface area (Å²) in [5, 5.41) is 7.83. The number of hydrogen-bond donors (Lipinski definition) is 1. The van der Waals surface area contributed by atoms with E-state index in [4.69, 9.17) is 5.11 Å². The molecule has 0 aliphatic carbocycles. The highest BCUT2D eigenvalue weighted by Crippen LogP contribution is 1.59. The lowest BCUT2D eigenvalue weighted by molar-refractivity contribution is 0.502. The summed E-state index contributed by atoms with van der Waals surface area (Å²) in [5.74, 6) is 0. The summed E-state index contributed by atoms with van der Waals surface area (Å²) in [6.45, 7) is 0. The quantitative estimate of drug-likeness (QED) is 0.326.